The van der Waals surface area contributed by atoms with E-state index in [-0.39, 0.29) is 34.0 Å². The van der Waals surface area contributed by atoms with Crippen LogP contribution >= 0.6 is 0 Å². The number of hydrogen-bond donors (Lipinski definition) is 0. The van der Waals surface area contributed by atoms with E-state index in [0.29, 0.717) is 22.6 Å². The molecule has 0 aliphatic carbocycles. The van der Waals surface area contributed by atoms with Crippen molar-refractivity contribution < 1.29 is 46.8 Å². The Morgan fingerprint density at radius 1 is 0.462 bits per heavy atom. The van der Waals surface area contributed by atoms with Gasteiger partial charge in [0.15, 0.2) is 9.84 Å². The van der Waals surface area contributed by atoms with Crippen molar-refractivity contribution in [2.75, 3.05) is 11.5 Å². The molecule has 8 aromatic rings. The van der Waals surface area contributed by atoms with E-state index >= 15 is 0 Å². The number of rotatable bonds is 16. The molecule has 2 atom stereocenters. The third-order valence-electron chi connectivity index (χ3n) is 10.4. The van der Waals surface area contributed by atoms with Crippen LogP contribution in [-0.4, -0.2) is 41.7 Å². The zero-order valence-corrected chi connectivity index (χ0v) is 34.9. The standard InChI is InChI=1S/C50H36N2O12S/c53-49(37-15-23-39(24-16-37)51(55)56)61-41-27-19-35(20-28-41)47(63-45-13-5-9-33-7-1-3-11-43(33)45)31-65(59,60)32-48(64-46-14-6-10-34-8-2-4-12-44(34)46)36-21-29-42(30-22-36)62-50(54)38-17-25-40(26-18-38)52(57)58/h1-30,47-48H,31-32H2. The van der Waals surface area contributed by atoms with Gasteiger partial charge < -0.3 is 18.9 Å². The molecule has 324 valence electrons. The van der Waals surface area contributed by atoms with Crippen LogP contribution in [-0.2, 0) is 9.84 Å². The molecule has 0 spiro atoms. The highest BCUT2D eigenvalue weighted by atomic mass is 32.2. The second-order valence-corrected chi connectivity index (χ2v) is 16.9. The number of nitro benzene ring substituents is 2. The van der Waals surface area contributed by atoms with Crippen LogP contribution in [0.4, 0.5) is 11.4 Å². The van der Waals surface area contributed by atoms with Gasteiger partial charge in [-0.05, 0) is 82.6 Å². The fraction of sp³-hybridized carbons (Fsp3) is 0.0800. The van der Waals surface area contributed by atoms with Crippen molar-refractivity contribution in [3.63, 3.8) is 0 Å². The second kappa shape index (κ2) is 18.9. The Balaban J connectivity index is 1.08. The van der Waals surface area contributed by atoms with Crippen LogP contribution in [0.25, 0.3) is 21.5 Å². The molecule has 8 rings (SSSR count). The minimum atomic E-state index is -4.09. The quantitative estimate of drug-likeness (QED) is 0.0386. The van der Waals surface area contributed by atoms with Gasteiger partial charge in [0.1, 0.15) is 35.2 Å². The summed E-state index contributed by atoms with van der Waals surface area (Å²) in [5.41, 5.74) is 0.763. The first-order valence-electron chi connectivity index (χ1n) is 20.0. The Bertz CT molecular complexity index is 2940. The van der Waals surface area contributed by atoms with Gasteiger partial charge in [0.05, 0.1) is 32.5 Å². The number of carbonyl (C=O) groups excluding carboxylic acids is 2. The van der Waals surface area contributed by atoms with Gasteiger partial charge in [-0.1, -0.05) is 97.1 Å². The topological polar surface area (TPSA) is 191 Å². The zero-order chi connectivity index (χ0) is 45.5. The van der Waals surface area contributed by atoms with E-state index in [1.54, 1.807) is 36.4 Å². The molecule has 0 amide bonds. The van der Waals surface area contributed by atoms with E-state index in [4.69, 9.17) is 18.9 Å². The molecule has 65 heavy (non-hydrogen) atoms. The highest BCUT2D eigenvalue weighted by molar-refractivity contribution is 7.91. The lowest BCUT2D eigenvalue weighted by molar-refractivity contribution is -0.385. The predicted octanol–water partition coefficient (Wildman–Crippen LogP) is 10.6. The molecule has 0 aliphatic heterocycles. The smallest absolute Gasteiger partial charge is 0.343 e. The van der Waals surface area contributed by atoms with E-state index in [1.165, 1.54) is 72.8 Å². The summed E-state index contributed by atoms with van der Waals surface area (Å²) < 4.78 is 53.4. The largest absolute Gasteiger partial charge is 0.484 e. The summed E-state index contributed by atoms with van der Waals surface area (Å²) >= 11 is 0. The Morgan fingerprint density at radius 3 is 1.18 bits per heavy atom. The molecule has 0 aromatic heterocycles. The number of sulfone groups is 1. The van der Waals surface area contributed by atoms with E-state index < -0.39 is 55.3 Å². The Labute approximate surface area is 371 Å². The predicted molar refractivity (Wildman–Crippen MR) is 242 cm³/mol. The van der Waals surface area contributed by atoms with Gasteiger partial charge in [-0.15, -0.1) is 0 Å². The monoisotopic (exact) mass is 888 g/mol. The average Bonchev–Trinajstić information content (AvgIpc) is 3.31. The lowest BCUT2D eigenvalue weighted by atomic mass is 10.1. The summed E-state index contributed by atoms with van der Waals surface area (Å²) in [6.07, 6.45) is -2.13. The van der Waals surface area contributed by atoms with Gasteiger partial charge in [0.2, 0.25) is 0 Å². The number of fused-ring (bicyclic) bond motifs is 2. The van der Waals surface area contributed by atoms with Crippen molar-refractivity contribution in [2.24, 2.45) is 0 Å². The maximum absolute atomic E-state index is 14.6. The van der Waals surface area contributed by atoms with Gasteiger partial charge >= 0.3 is 11.9 Å². The first-order valence-corrected chi connectivity index (χ1v) is 21.8. The molecule has 8 aromatic carbocycles. The minimum Gasteiger partial charge on any atom is -0.484 e. The average molecular weight is 889 g/mol. The Kier molecular flexibility index (Phi) is 12.6. The first-order chi connectivity index (χ1) is 31.4. The molecular weight excluding hydrogens is 853 g/mol. The number of nitro groups is 2. The van der Waals surface area contributed by atoms with Crippen LogP contribution in [0, 0.1) is 20.2 Å². The third kappa shape index (κ3) is 10.4. The maximum atomic E-state index is 14.6. The molecule has 0 radical (unpaired) electrons. The maximum Gasteiger partial charge on any atom is 0.343 e. The number of hydrogen-bond acceptors (Lipinski definition) is 12. The molecule has 0 saturated carbocycles. The second-order valence-electron chi connectivity index (χ2n) is 14.8. The molecule has 0 heterocycles. The summed E-state index contributed by atoms with van der Waals surface area (Å²) in [6, 6.07) is 48.4. The first kappa shape index (κ1) is 43.2. The van der Waals surface area contributed by atoms with Crippen LogP contribution in [0.15, 0.2) is 182 Å². The van der Waals surface area contributed by atoms with Crippen LogP contribution in [0.5, 0.6) is 23.0 Å². The number of benzene rings is 8. The number of ether oxygens (including phenoxy) is 4. The van der Waals surface area contributed by atoms with Crippen LogP contribution in [0.3, 0.4) is 0 Å². The van der Waals surface area contributed by atoms with Gasteiger partial charge in [-0.25, -0.2) is 18.0 Å². The van der Waals surface area contributed by atoms with Gasteiger partial charge in [0.25, 0.3) is 11.4 Å². The van der Waals surface area contributed by atoms with Crippen molar-refractivity contribution in [1.82, 2.24) is 0 Å². The molecule has 15 heteroatoms. The molecule has 0 N–H and O–H groups in total. The van der Waals surface area contributed by atoms with Gasteiger partial charge in [-0.3, -0.25) is 20.2 Å². The van der Waals surface area contributed by atoms with Crippen molar-refractivity contribution in [3.05, 3.63) is 224 Å². The van der Waals surface area contributed by atoms with Crippen molar-refractivity contribution in [1.29, 1.82) is 0 Å². The highest BCUT2D eigenvalue weighted by Crippen LogP contribution is 2.35. The summed E-state index contributed by atoms with van der Waals surface area (Å²) in [6.45, 7) is 0. The zero-order valence-electron chi connectivity index (χ0n) is 34.1. The third-order valence-corrected chi connectivity index (χ3v) is 12.0. The van der Waals surface area contributed by atoms with Crippen LogP contribution in [0.2, 0.25) is 0 Å². The Hall–Kier alpha value is -8.43. The molecule has 0 saturated heterocycles. The number of non-ortho nitro benzene ring substituents is 2. The molecule has 0 aliphatic rings. The van der Waals surface area contributed by atoms with Crippen LogP contribution in [0.1, 0.15) is 44.1 Å². The molecular formula is C50H36N2O12S. The Morgan fingerprint density at radius 2 is 0.815 bits per heavy atom. The summed E-state index contributed by atoms with van der Waals surface area (Å²) in [4.78, 5) is 46.8. The van der Waals surface area contributed by atoms with Crippen molar-refractivity contribution in [2.45, 2.75) is 12.2 Å². The van der Waals surface area contributed by atoms with Crippen LogP contribution < -0.4 is 18.9 Å². The summed E-state index contributed by atoms with van der Waals surface area (Å²) in [5.74, 6) is -1.31. The lowest BCUT2D eigenvalue weighted by Gasteiger charge is -2.24. The molecule has 14 nitrogen and oxygen atoms in total. The normalized spacial score (nSPS) is 12.2. The number of esters is 2. The minimum absolute atomic E-state index is 0.0983. The van der Waals surface area contributed by atoms with Gasteiger partial charge in [0, 0.05) is 35.0 Å². The van der Waals surface area contributed by atoms with E-state index in [2.05, 4.69) is 0 Å². The molecule has 0 fully saturated rings. The fourth-order valence-electron chi connectivity index (χ4n) is 7.10. The fourth-order valence-corrected chi connectivity index (χ4v) is 8.68. The summed E-state index contributed by atoms with van der Waals surface area (Å²) in [7, 11) is -4.09. The van der Waals surface area contributed by atoms with Gasteiger partial charge in [-0.2, -0.15) is 0 Å². The summed E-state index contributed by atoms with van der Waals surface area (Å²) in [5, 5.41) is 25.4. The number of nitrogens with zero attached hydrogens (tertiary/aromatic N) is 2. The van der Waals surface area contributed by atoms with E-state index in [1.807, 2.05) is 72.8 Å². The van der Waals surface area contributed by atoms with Crippen molar-refractivity contribution in [3.8, 4) is 23.0 Å². The molecule has 0 bridgehead atoms. The number of carbonyl (C=O) groups is 2. The van der Waals surface area contributed by atoms with E-state index in [9.17, 15) is 38.2 Å². The molecule has 2 unspecified atom stereocenters. The lowest BCUT2D eigenvalue weighted by Crippen LogP contribution is -2.27. The van der Waals surface area contributed by atoms with Crippen molar-refractivity contribution >= 4 is 54.7 Å². The van der Waals surface area contributed by atoms with E-state index in [0.717, 1.165) is 21.5 Å². The highest BCUT2D eigenvalue weighted by Gasteiger charge is 2.29. The SMILES string of the molecule is O=C(Oc1ccc(C(CS(=O)(=O)CC(Oc2cccc3ccccc23)c2ccc(OC(=O)c3ccc([N+](=O)[O-])cc3)cc2)Oc2cccc3ccccc23)cc1)c1ccc([N+](=O)[O-])cc1.